The summed E-state index contributed by atoms with van der Waals surface area (Å²) in [5.41, 5.74) is 12.0. The second-order valence-corrected chi connectivity index (χ2v) is 9.74. The Morgan fingerprint density at radius 1 is 1.21 bits per heavy atom. The predicted molar refractivity (Wildman–Crippen MR) is 111 cm³/mol. The monoisotopic (exact) mass is 408 g/mol. The summed E-state index contributed by atoms with van der Waals surface area (Å²) in [4.78, 5) is 20.3. The smallest absolute Gasteiger partial charge is 0.267 e. The molecule has 2 rings (SSSR count). The molecule has 9 heteroatoms. The number of phenolic OH excluding ortho intramolecular Hbond substituents is 1. The molecule has 1 heterocycles. The van der Waals surface area contributed by atoms with Crippen molar-refractivity contribution in [1.82, 2.24) is 0 Å². The van der Waals surface area contributed by atoms with Crippen LogP contribution in [0, 0.1) is 5.41 Å². The Balaban J connectivity index is 2.10. The van der Waals surface area contributed by atoms with E-state index in [-0.39, 0.29) is 23.0 Å². The molecular weight excluding hydrogens is 380 g/mol. The molecule has 0 spiro atoms. The molecule has 1 aromatic carbocycles. The number of carbonyl (C=O) groups excluding carboxylic acids is 1. The molecule has 0 aliphatic carbocycles. The molecule has 1 unspecified atom stereocenters. The Labute approximate surface area is 167 Å². The molecule has 0 aromatic heterocycles. The van der Waals surface area contributed by atoms with E-state index in [2.05, 4.69) is 16.9 Å². The molecule has 1 aromatic rings. The molecule has 0 radical (unpaired) electrons. The summed E-state index contributed by atoms with van der Waals surface area (Å²) >= 11 is 0. The Bertz CT molecular complexity index is 797. The van der Waals surface area contributed by atoms with Crippen molar-refractivity contribution < 1.29 is 18.8 Å². The van der Waals surface area contributed by atoms with Gasteiger partial charge in [0, 0.05) is 35.3 Å². The van der Waals surface area contributed by atoms with Gasteiger partial charge in [-0.15, -0.1) is 0 Å². The molecule has 1 saturated heterocycles. The summed E-state index contributed by atoms with van der Waals surface area (Å²) < 4.78 is 17.1. The number of nitrogens with two attached hydrogens (primary N) is 2. The van der Waals surface area contributed by atoms with E-state index >= 15 is 0 Å². The van der Waals surface area contributed by atoms with Gasteiger partial charge in [-0.1, -0.05) is 6.92 Å². The minimum atomic E-state index is -1.44. The highest BCUT2D eigenvalue weighted by Gasteiger charge is 2.39. The van der Waals surface area contributed by atoms with Gasteiger partial charge >= 0.3 is 0 Å². The molecule has 5 N–H and O–H groups in total. The third kappa shape index (κ3) is 5.62. The van der Waals surface area contributed by atoms with Crippen LogP contribution in [0.15, 0.2) is 34.3 Å². The average Bonchev–Trinajstić information content (AvgIpc) is 2.62. The SMILES string of the molecule is CC1(CS(=O)C(C)(C)C(=O)N=C(N)/N=C(\N)c2ccc(O)cc2)CCOCC1. The lowest BCUT2D eigenvalue weighted by Crippen LogP contribution is -2.42. The van der Waals surface area contributed by atoms with Crippen molar-refractivity contribution in [3.8, 4) is 5.75 Å². The van der Waals surface area contributed by atoms with Crippen LogP contribution in [0.3, 0.4) is 0 Å². The largest absolute Gasteiger partial charge is 0.508 e. The van der Waals surface area contributed by atoms with Gasteiger partial charge in [0.2, 0.25) is 5.96 Å². The number of hydrogen-bond donors (Lipinski definition) is 3. The average molecular weight is 409 g/mol. The lowest BCUT2D eigenvalue weighted by atomic mass is 9.85. The highest BCUT2D eigenvalue weighted by Crippen LogP contribution is 2.33. The molecule has 1 fully saturated rings. The number of carbonyl (C=O) groups is 1. The third-order valence-corrected chi connectivity index (χ3v) is 7.15. The van der Waals surface area contributed by atoms with Gasteiger partial charge in [0.1, 0.15) is 16.3 Å². The molecule has 28 heavy (non-hydrogen) atoms. The lowest BCUT2D eigenvalue weighted by molar-refractivity contribution is -0.119. The fourth-order valence-electron chi connectivity index (χ4n) is 2.69. The molecule has 0 saturated carbocycles. The van der Waals surface area contributed by atoms with Crippen LogP contribution in [0.1, 0.15) is 39.2 Å². The van der Waals surface area contributed by atoms with Crippen LogP contribution >= 0.6 is 0 Å². The highest BCUT2D eigenvalue weighted by atomic mass is 32.2. The van der Waals surface area contributed by atoms with Crippen LogP contribution in [0.4, 0.5) is 0 Å². The van der Waals surface area contributed by atoms with E-state index in [9.17, 15) is 14.1 Å². The van der Waals surface area contributed by atoms with E-state index in [1.165, 1.54) is 12.1 Å². The van der Waals surface area contributed by atoms with Crippen LogP contribution in [0.5, 0.6) is 5.75 Å². The Hall–Kier alpha value is -2.26. The maximum Gasteiger partial charge on any atom is 0.267 e. The second-order valence-electron chi connectivity index (χ2n) is 7.74. The molecule has 1 aliphatic rings. The van der Waals surface area contributed by atoms with Crippen molar-refractivity contribution in [3.63, 3.8) is 0 Å². The number of phenols is 1. The Morgan fingerprint density at radius 3 is 2.36 bits per heavy atom. The first-order valence-electron chi connectivity index (χ1n) is 9.02. The number of rotatable bonds is 5. The minimum Gasteiger partial charge on any atom is -0.508 e. The van der Waals surface area contributed by atoms with Crippen LogP contribution in [-0.4, -0.2) is 50.7 Å². The van der Waals surface area contributed by atoms with E-state index < -0.39 is 21.5 Å². The topological polar surface area (TPSA) is 140 Å². The van der Waals surface area contributed by atoms with Crippen LogP contribution in [0.25, 0.3) is 0 Å². The summed E-state index contributed by atoms with van der Waals surface area (Å²) in [6.07, 6.45) is 1.61. The quantitative estimate of drug-likeness (QED) is 0.495. The first-order valence-corrected chi connectivity index (χ1v) is 10.3. The number of benzene rings is 1. The van der Waals surface area contributed by atoms with Gasteiger partial charge in [0.25, 0.3) is 5.91 Å². The van der Waals surface area contributed by atoms with Gasteiger partial charge in [0.15, 0.2) is 0 Å². The molecule has 8 nitrogen and oxygen atoms in total. The molecule has 1 amide bonds. The number of guanidine groups is 1. The minimum absolute atomic E-state index is 0.0581. The molecule has 154 valence electrons. The van der Waals surface area contributed by atoms with Crippen molar-refractivity contribution >= 4 is 28.5 Å². The van der Waals surface area contributed by atoms with Gasteiger partial charge in [-0.05, 0) is 56.4 Å². The first kappa shape index (κ1) is 22.0. The van der Waals surface area contributed by atoms with Gasteiger partial charge in [-0.25, -0.2) is 0 Å². The number of aliphatic imine (C=N–C) groups is 2. The first-order chi connectivity index (χ1) is 13.0. The summed E-state index contributed by atoms with van der Waals surface area (Å²) in [5, 5.41) is 9.31. The van der Waals surface area contributed by atoms with Gasteiger partial charge < -0.3 is 21.3 Å². The molecule has 1 aliphatic heterocycles. The molecular formula is C19H28N4O4S. The van der Waals surface area contributed by atoms with Gasteiger partial charge in [-0.3, -0.25) is 9.00 Å². The van der Waals surface area contributed by atoms with Crippen molar-refractivity contribution in [2.45, 2.75) is 38.4 Å². The van der Waals surface area contributed by atoms with Crippen LogP contribution < -0.4 is 11.5 Å². The van der Waals surface area contributed by atoms with Gasteiger partial charge in [-0.2, -0.15) is 9.98 Å². The maximum absolute atomic E-state index is 12.9. The van der Waals surface area contributed by atoms with Gasteiger partial charge in [0.05, 0.1) is 0 Å². The van der Waals surface area contributed by atoms with E-state index in [0.29, 0.717) is 24.5 Å². The summed E-state index contributed by atoms with van der Waals surface area (Å²) in [6.45, 7) is 6.53. The van der Waals surface area contributed by atoms with Crippen LogP contribution in [0.2, 0.25) is 0 Å². The normalized spacial score (nSPS) is 19.2. The van der Waals surface area contributed by atoms with E-state index in [4.69, 9.17) is 16.2 Å². The predicted octanol–water partition coefficient (Wildman–Crippen LogP) is 1.28. The van der Waals surface area contributed by atoms with E-state index in [1.54, 1.807) is 26.0 Å². The van der Waals surface area contributed by atoms with E-state index in [1.807, 2.05) is 0 Å². The second kappa shape index (κ2) is 8.83. The third-order valence-electron chi connectivity index (χ3n) is 4.88. The summed E-state index contributed by atoms with van der Waals surface area (Å²) in [7, 11) is -1.44. The summed E-state index contributed by atoms with van der Waals surface area (Å²) in [6, 6.07) is 6.05. The zero-order valence-corrected chi connectivity index (χ0v) is 17.3. The summed E-state index contributed by atoms with van der Waals surface area (Å²) in [5.74, 6) is -0.374. The fourth-order valence-corrected chi connectivity index (χ4v) is 4.21. The molecule has 1 atom stereocenters. The maximum atomic E-state index is 12.9. The Kier molecular flexibility index (Phi) is 6.95. The number of hydrogen-bond acceptors (Lipinski definition) is 4. The zero-order chi connectivity index (χ0) is 20.9. The van der Waals surface area contributed by atoms with Crippen LogP contribution in [-0.2, 0) is 20.3 Å². The number of ether oxygens (including phenoxy) is 1. The zero-order valence-electron chi connectivity index (χ0n) is 16.5. The fraction of sp³-hybridized carbons (Fsp3) is 0.526. The number of amides is 1. The number of aromatic hydroxyl groups is 1. The number of nitrogens with zero attached hydrogens (tertiary/aromatic N) is 2. The Morgan fingerprint density at radius 2 is 1.79 bits per heavy atom. The van der Waals surface area contributed by atoms with Crippen molar-refractivity contribution in [2.75, 3.05) is 19.0 Å². The van der Waals surface area contributed by atoms with Crippen molar-refractivity contribution in [2.24, 2.45) is 26.9 Å². The van der Waals surface area contributed by atoms with E-state index in [0.717, 1.165) is 12.8 Å². The molecule has 0 bridgehead atoms. The highest BCUT2D eigenvalue weighted by molar-refractivity contribution is 7.87. The van der Waals surface area contributed by atoms with Crippen molar-refractivity contribution in [3.05, 3.63) is 29.8 Å². The van der Waals surface area contributed by atoms with Crippen molar-refractivity contribution in [1.29, 1.82) is 0 Å². The number of amidine groups is 1. The lowest BCUT2D eigenvalue weighted by Gasteiger charge is -2.35. The standard InChI is InChI=1S/C19H28N4O4S/c1-18(2,28(26)12-19(3)8-10-27-11-9-19)16(25)23-17(21)22-15(20)13-4-6-14(24)7-5-13/h4-7,24H,8-12H2,1-3H3,(H4,20,21,22,23,25).